The molecule has 0 fully saturated rings. The largest absolute Gasteiger partial charge is 0.434 e. The summed E-state index contributed by atoms with van der Waals surface area (Å²) in [5.41, 5.74) is 0.0506. The first-order valence-corrected chi connectivity index (χ1v) is 9.16. The maximum absolute atomic E-state index is 12.6. The number of pyridine rings is 1. The Bertz CT molecular complexity index is 951. The third kappa shape index (κ3) is 6.13. The van der Waals surface area contributed by atoms with E-state index in [-0.39, 0.29) is 30.5 Å². The number of halogens is 4. The molecule has 0 bridgehead atoms. The lowest BCUT2D eigenvalue weighted by atomic mass is 10.3. The number of hydrogen-bond acceptors (Lipinski definition) is 5. The Morgan fingerprint density at radius 1 is 1.21 bits per heavy atom. The molecule has 3 rings (SSSR count). The molecule has 156 valence electrons. The van der Waals surface area contributed by atoms with E-state index in [1.54, 1.807) is 19.4 Å². The number of alkyl halides is 3. The molecule has 0 aromatic carbocycles. The molecule has 3 heterocycles. The first-order chi connectivity index (χ1) is 13.4. The fraction of sp³-hybridized carbons (Fsp3) is 0.294. The summed E-state index contributed by atoms with van der Waals surface area (Å²) < 4.78 is 39.7. The van der Waals surface area contributed by atoms with Gasteiger partial charge >= 0.3 is 6.18 Å². The molecule has 0 unspecified atom stereocenters. The highest BCUT2D eigenvalue weighted by Crippen LogP contribution is 2.29. The number of aromatic nitrogens is 4. The van der Waals surface area contributed by atoms with Crippen LogP contribution in [0.25, 0.3) is 5.82 Å². The van der Waals surface area contributed by atoms with Crippen molar-refractivity contribution in [3.8, 4) is 5.82 Å². The minimum absolute atomic E-state index is 0. The summed E-state index contributed by atoms with van der Waals surface area (Å²) in [6.07, 6.45) is 0.862. The molecule has 0 saturated carbocycles. The Morgan fingerprint density at radius 3 is 2.52 bits per heavy atom. The smallest absolute Gasteiger partial charge is 0.352 e. The number of aliphatic imine (C=N–C) groups is 1. The number of guanidine groups is 1. The van der Waals surface area contributed by atoms with Crippen molar-refractivity contribution in [2.45, 2.75) is 26.2 Å². The molecule has 0 spiro atoms. The fourth-order valence-electron chi connectivity index (χ4n) is 2.37. The van der Waals surface area contributed by atoms with Gasteiger partial charge < -0.3 is 10.6 Å². The number of rotatable bonds is 5. The van der Waals surface area contributed by atoms with Gasteiger partial charge in [-0.2, -0.15) is 13.2 Å². The summed E-state index contributed by atoms with van der Waals surface area (Å²) >= 11 is 0.951. The first-order valence-electron chi connectivity index (χ1n) is 8.28. The number of hydrogen-bond donors (Lipinski definition) is 2. The zero-order valence-electron chi connectivity index (χ0n) is 15.6. The van der Waals surface area contributed by atoms with Crippen molar-refractivity contribution in [1.29, 1.82) is 0 Å². The van der Waals surface area contributed by atoms with E-state index in [0.29, 0.717) is 17.5 Å². The highest BCUT2D eigenvalue weighted by Gasteiger charge is 2.33. The molecule has 7 nitrogen and oxygen atoms in total. The second-order valence-corrected chi connectivity index (χ2v) is 6.72. The molecule has 2 N–H and O–H groups in total. The summed E-state index contributed by atoms with van der Waals surface area (Å²) in [5, 5.41) is 7.37. The second-order valence-electron chi connectivity index (χ2n) is 5.77. The Labute approximate surface area is 186 Å². The van der Waals surface area contributed by atoms with Crippen LogP contribution in [0.2, 0.25) is 0 Å². The lowest BCUT2D eigenvalue weighted by molar-refractivity contribution is -0.140. The molecule has 0 aliphatic heterocycles. The summed E-state index contributed by atoms with van der Waals surface area (Å²) in [5.74, 6) is 2.07. The van der Waals surface area contributed by atoms with E-state index in [2.05, 4.69) is 30.6 Å². The van der Waals surface area contributed by atoms with Crippen LogP contribution in [0.5, 0.6) is 0 Å². The Kier molecular flexibility index (Phi) is 7.96. The number of nitrogens with one attached hydrogen (secondary N) is 2. The van der Waals surface area contributed by atoms with Gasteiger partial charge in [0.1, 0.15) is 16.6 Å². The molecule has 0 amide bonds. The number of thiazole rings is 1. The van der Waals surface area contributed by atoms with E-state index in [9.17, 15) is 13.2 Å². The van der Waals surface area contributed by atoms with Crippen molar-refractivity contribution >= 4 is 41.3 Å². The van der Waals surface area contributed by atoms with E-state index in [4.69, 9.17) is 0 Å². The Balaban J connectivity index is 0.00000300. The first kappa shape index (κ1) is 23.1. The molecular weight excluding hydrogens is 518 g/mol. The van der Waals surface area contributed by atoms with Crippen molar-refractivity contribution in [2.24, 2.45) is 4.99 Å². The number of imidazole rings is 1. The van der Waals surface area contributed by atoms with E-state index in [1.807, 2.05) is 29.8 Å². The quantitative estimate of drug-likeness (QED) is 0.296. The molecule has 29 heavy (non-hydrogen) atoms. The molecule has 0 atom stereocenters. The van der Waals surface area contributed by atoms with E-state index < -0.39 is 11.9 Å². The maximum atomic E-state index is 12.6. The highest BCUT2D eigenvalue weighted by atomic mass is 127. The van der Waals surface area contributed by atoms with Gasteiger partial charge in [0.05, 0.1) is 6.54 Å². The van der Waals surface area contributed by atoms with Crippen LogP contribution in [0.1, 0.15) is 22.1 Å². The predicted octanol–water partition coefficient (Wildman–Crippen LogP) is 3.53. The van der Waals surface area contributed by atoms with E-state index in [1.165, 1.54) is 0 Å². The summed E-state index contributed by atoms with van der Waals surface area (Å²) in [6.45, 7) is 2.51. The predicted molar refractivity (Wildman–Crippen MR) is 116 cm³/mol. The van der Waals surface area contributed by atoms with E-state index in [0.717, 1.165) is 33.9 Å². The van der Waals surface area contributed by atoms with Crippen molar-refractivity contribution in [3.05, 3.63) is 58.2 Å². The molecular formula is C17H19F3IN7S. The minimum Gasteiger partial charge on any atom is -0.352 e. The monoisotopic (exact) mass is 537 g/mol. The van der Waals surface area contributed by atoms with Crippen LogP contribution in [-0.2, 0) is 19.3 Å². The zero-order chi connectivity index (χ0) is 20.1. The maximum Gasteiger partial charge on any atom is 0.434 e. The van der Waals surface area contributed by atoms with Gasteiger partial charge in [-0.15, -0.1) is 35.3 Å². The van der Waals surface area contributed by atoms with Gasteiger partial charge in [-0.05, 0) is 18.6 Å². The molecule has 3 aromatic heterocycles. The molecule has 0 aliphatic carbocycles. The van der Waals surface area contributed by atoms with Gasteiger partial charge in [0.25, 0.3) is 0 Å². The molecule has 0 aliphatic rings. The standard InChI is InChI=1S/C17H18F3N7S.HI/c1-11-22-5-6-27(11)14-4-3-12(7-23-14)8-24-16(21-2)25-9-15-26-13(10-28-15)17(18,19)20;/h3-7,10H,8-9H2,1-2H3,(H2,21,24,25);1H. The van der Waals surface area contributed by atoms with Crippen LogP contribution < -0.4 is 10.6 Å². The van der Waals surface area contributed by atoms with Gasteiger partial charge in [-0.1, -0.05) is 6.07 Å². The van der Waals surface area contributed by atoms with Crippen LogP contribution in [0.3, 0.4) is 0 Å². The van der Waals surface area contributed by atoms with Crippen molar-refractivity contribution in [1.82, 2.24) is 30.2 Å². The number of nitrogens with zero attached hydrogens (tertiary/aromatic N) is 5. The fourth-order valence-corrected chi connectivity index (χ4v) is 3.11. The normalized spacial score (nSPS) is 11.8. The average Bonchev–Trinajstić information content (AvgIpc) is 3.31. The van der Waals surface area contributed by atoms with Gasteiger partial charge in [-0.3, -0.25) is 9.56 Å². The molecule has 0 radical (unpaired) electrons. The average molecular weight is 537 g/mol. The van der Waals surface area contributed by atoms with Crippen molar-refractivity contribution in [2.75, 3.05) is 7.05 Å². The van der Waals surface area contributed by atoms with Gasteiger partial charge in [-0.25, -0.2) is 15.0 Å². The third-order valence-electron chi connectivity index (χ3n) is 3.81. The van der Waals surface area contributed by atoms with Crippen LogP contribution in [-0.4, -0.2) is 32.5 Å². The summed E-state index contributed by atoms with van der Waals surface area (Å²) in [4.78, 5) is 16.2. The van der Waals surface area contributed by atoms with Crippen LogP contribution in [0.15, 0.2) is 41.1 Å². The lowest BCUT2D eigenvalue weighted by Gasteiger charge is -2.11. The minimum atomic E-state index is -4.43. The van der Waals surface area contributed by atoms with Crippen molar-refractivity contribution < 1.29 is 13.2 Å². The topological polar surface area (TPSA) is 80.0 Å². The van der Waals surface area contributed by atoms with Gasteiger partial charge in [0, 0.05) is 37.6 Å². The van der Waals surface area contributed by atoms with Crippen LogP contribution in [0.4, 0.5) is 13.2 Å². The van der Waals surface area contributed by atoms with E-state index >= 15 is 0 Å². The molecule has 3 aromatic rings. The number of aryl methyl sites for hydroxylation is 1. The Morgan fingerprint density at radius 2 is 1.97 bits per heavy atom. The zero-order valence-corrected chi connectivity index (χ0v) is 18.7. The van der Waals surface area contributed by atoms with Gasteiger partial charge in [0.15, 0.2) is 11.7 Å². The molecule has 0 saturated heterocycles. The summed E-state index contributed by atoms with van der Waals surface area (Å²) in [7, 11) is 1.58. The lowest BCUT2D eigenvalue weighted by Crippen LogP contribution is -2.36. The summed E-state index contributed by atoms with van der Waals surface area (Å²) in [6, 6.07) is 3.81. The Hall–Kier alpha value is -2.22. The van der Waals surface area contributed by atoms with Crippen LogP contribution >= 0.6 is 35.3 Å². The van der Waals surface area contributed by atoms with Crippen LogP contribution in [0, 0.1) is 6.92 Å². The molecule has 12 heteroatoms. The van der Waals surface area contributed by atoms with Gasteiger partial charge in [0.2, 0.25) is 0 Å². The second kappa shape index (κ2) is 10.0. The SMILES string of the molecule is CN=C(NCc1ccc(-n2ccnc2C)nc1)NCc1nc(C(F)(F)F)cs1.I. The third-order valence-corrected chi connectivity index (χ3v) is 4.66. The highest BCUT2D eigenvalue weighted by molar-refractivity contribution is 14.0. The van der Waals surface area contributed by atoms with Crippen molar-refractivity contribution in [3.63, 3.8) is 0 Å².